The quantitative estimate of drug-likeness (QED) is 0.533. The van der Waals surface area contributed by atoms with Gasteiger partial charge in [0.2, 0.25) is 10.0 Å². The third-order valence-electron chi connectivity index (χ3n) is 4.77. The minimum Gasteiger partial charge on any atom is -0.384 e. The smallest absolute Gasteiger partial charge is 0.326 e. The van der Waals surface area contributed by atoms with Gasteiger partial charge in [-0.25, -0.2) is 17.9 Å². The summed E-state index contributed by atoms with van der Waals surface area (Å²) in [5.74, 6) is 0. The Kier molecular flexibility index (Phi) is 5.28. The van der Waals surface area contributed by atoms with Gasteiger partial charge < -0.3 is 15.0 Å². The van der Waals surface area contributed by atoms with E-state index in [-0.39, 0.29) is 27.8 Å². The van der Waals surface area contributed by atoms with Crippen molar-refractivity contribution in [3.8, 4) is 0 Å². The number of nitrogens with one attached hydrogen (secondary N) is 4. The second-order valence-electron chi connectivity index (χ2n) is 6.62. The molecule has 4 N–H and O–H groups in total. The zero-order valence-corrected chi connectivity index (χ0v) is 15.2. The number of ether oxygens (including phenoxy) is 1. The zero-order chi connectivity index (χ0) is 18.8. The molecule has 0 unspecified atom stereocenters. The molecule has 0 bridgehead atoms. The third-order valence-corrected chi connectivity index (χ3v) is 6.17. The molecule has 0 atom stereocenters. The number of sulfonamides is 1. The lowest BCUT2D eigenvalue weighted by atomic mass is 9.80. The molecule has 1 aliphatic heterocycles. The van der Waals surface area contributed by atoms with E-state index in [0.29, 0.717) is 6.61 Å². The van der Waals surface area contributed by atoms with E-state index in [1.165, 1.54) is 18.2 Å². The van der Waals surface area contributed by atoms with Crippen LogP contribution in [0.1, 0.15) is 12.8 Å². The number of H-pyrrole nitrogens is 2. The molecule has 0 saturated carbocycles. The molecule has 2 aromatic rings. The molecule has 1 aliphatic rings. The molecule has 1 saturated heterocycles. The first-order chi connectivity index (χ1) is 12.4. The number of benzene rings is 1. The van der Waals surface area contributed by atoms with Gasteiger partial charge in [-0.2, -0.15) is 0 Å². The van der Waals surface area contributed by atoms with Crippen LogP contribution in [0.2, 0.25) is 0 Å². The standard InChI is InChI=1S/C16H22N4O5S/c1-25-10-16(4-6-17-7-5-16)9-18-26(23,24)11-2-3-13-12(8-11)14(21)20-15(22)19-13/h2-3,8,17-18H,4-7,9-10H2,1H3,(H2,19,20,21,22). The molecule has 142 valence electrons. The Morgan fingerprint density at radius 2 is 1.92 bits per heavy atom. The molecule has 3 rings (SSSR count). The van der Waals surface area contributed by atoms with Crippen molar-refractivity contribution in [3.05, 3.63) is 39.0 Å². The van der Waals surface area contributed by atoms with Crippen LogP contribution in [-0.4, -0.2) is 51.7 Å². The lowest BCUT2D eigenvalue weighted by Crippen LogP contribution is -2.47. The Bertz CT molecular complexity index is 1000. The Balaban J connectivity index is 1.87. The summed E-state index contributed by atoms with van der Waals surface area (Å²) in [6, 6.07) is 4.04. The van der Waals surface area contributed by atoms with E-state index in [9.17, 15) is 18.0 Å². The van der Waals surface area contributed by atoms with Gasteiger partial charge >= 0.3 is 5.69 Å². The fraction of sp³-hybridized carbons (Fsp3) is 0.500. The fourth-order valence-electron chi connectivity index (χ4n) is 3.28. The molecule has 10 heteroatoms. The predicted octanol–water partition coefficient (Wildman–Crippen LogP) is -0.489. The highest BCUT2D eigenvalue weighted by Crippen LogP contribution is 2.29. The highest BCUT2D eigenvalue weighted by Gasteiger charge is 2.33. The summed E-state index contributed by atoms with van der Waals surface area (Å²) in [7, 11) is -2.20. The average molecular weight is 382 g/mol. The second kappa shape index (κ2) is 7.31. The number of piperidine rings is 1. The van der Waals surface area contributed by atoms with E-state index in [0.717, 1.165) is 25.9 Å². The van der Waals surface area contributed by atoms with Crippen molar-refractivity contribution < 1.29 is 13.2 Å². The summed E-state index contributed by atoms with van der Waals surface area (Å²) in [6.45, 7) is 2.34. The van der Waals surface area contributed by atoms with E-state index in [2.05, 4.69) is 20.0 Å². The van der Waals surface area contributed by atoms with Gasteiger partial charge in [0, 0.05) is 19.1 Å². The van der Waals surface area contributed by atoms with E-state index in [1.807, 2.05) is 0 Å². The first kappa shape index (κ1) is 18.8. The van der Waals surface area contributed by atoms with Gasteiger partial charge in [0.05, 0.1) is 22.4 Å². The van der Waals surface area contributed by atoms with Crippen molar-refractivity contribution in [2.75, 3.05) is 33.4 Å². The van der Waals surface area contributed by atoms with E-state index in [4.69, 9.17) is 4.74 Å². The minimum absolute atomic E-state index is 0.0240. The van der Waals surface area contributed by atoms with Crippen molar-refractivity contribution in [1.82, 2.24) is 20.0 Å². The summed E-state index contributed by atoms with van der Waals surface area (Å²) in [5.41, 5.74) is -1.24. The SMILES string of the molecule is COCC1(CNS(=O)(=O)c2ccc3[nH]c(=O)[nH]c(=O)c3c2)CCNCC1. The van der Waals surface area contributed by atoms with Crippen LogP contribution in [0.15, 0.2) is 32.7 Å². The first-order valence-corrected chi connectivity index (χ1v) is 9.79. The maximum atomic E-state index is 12.7. The van der Waals surface area contributed by atoms with Crippen LogP contribution in [-0.2, 0) is 14.8 Å². The summed E-state index contributed by atoms with van der Waals surface area (Å²) < 4.78 is 33.3. The summed E-state index contributed by atoms with van der Waals surface area (Å²) in [4.78, 5) is 27.7. The number of methoxy groups -OCH3 is 1. The predicted molar refractivity (Wildman–Crippen MR) is 96.8 cm³/mol. The lowest BCUT2D eigenvalue weighted by Gasteiger charge is -2.37. The molecule has 0 radical (unpaired) electrons. The molecule has 0 aliphatic carbocycles. The van der Waals surface area contributed by atoms with E-state index < -0.39 is 21.3 Å². The number of fused-ring (bicyclic) bond motifs is 1. The van der Waals surface area contributed by atoms with Crippen molar-refractivity contribution in [2.24, 2.45) is 5.41 Å². The Morgan fingerprint density at radius 3 is 2.62 bits per heavy atom. The molecule has 1 aromatic heterocycles. The van der Waals surface area contributed by atoms with Gasteiger partial charge in [0.1, 0.15) is 0 Å². The molecule has 2 heterocycles. The van der Waals surface area contributed by atoms with Crippen LogP contribution < -0.4 is 21.3 Å². The Morgan fingerprint density at radius 1 is 1.19 bits per heavy atom. The highest BCUT2D eigenvalue weighted by atomic mass is 32.2. The normalized spacial score (nSPS) is 17.4. The molecular formula is C16H22N4O5S. The van der Waals surface area contributed by atoms with Crippen molar-refractivity contribution in [1.29, 1.82) is 0 Å². The minimum atomic E-state index is -3.81. The second-order valence-corrected chi connectivity index (χ2v) is 8.39. The summed E-state index contributed by atoms with van der Waals surface area (Å²) in [5, 5.41) is 3.37. The van der Waals surface area contributed by atoms with Crippen molar-refractivity contribution in [3.63, 3.8) is 0 Å². The van der Waals surface area contributed by atoms with Crippen LogP contribution in [0.25, 0.3) is 10.9 Å². The lowest BCUT2D eigenvalue weighted by molar-refractivity contribution is 0.0577. The fourth-order valence-corrected chi connectivity index (χ4v) is 4.46. The Labute approximate surface area is 150 Å². The van der Waals surface area contributed by atoms with Gasteiger partial charge in [0.15, 0.2) is 0 Å². The number of hydrogen-bond acceptors (Lipinski definition) is 6. The molecule has 0 spiro atoms. The van der Waals surface area contributed by atoms with Gasteiger partial charge in [0.25, 0.3) is 5.56 Å². The molecule has 9 nitrogen and oxygen atoms in total. The van der Waals surface area contributed by atoms with Gasteiger partial charge in [-0.05, 0) is 44.1 Å². The van der Waals surface area contributed by atoms with Crippen LogP contribution in [0.4, 0.5) is 0 Å². The maximum absolute atomic E-state index is 12.7. The highest BCUT2D eigenvalue weighted by molar-refractivity contribution is 7.89. The maximum Gasteiger partial charge on any atom is 0.326 e. The molecule has 1 aromatic carbocycles. The molecule has 26 heavy (non-hydrogen) atoms. The van der Waals surface area contributed by atoms with E-state index >= 15 is 0 Å². The van der Waals surface area contributed by atoms with Crippen LogP contribution >= 0.6 is 0 Å². The number of aromatic amines is 2. The topological polar surface area (TPSA) is 133 Å². The van der Waals surface area contributed by atoms with Crippen molar-refractivity contribution in [2.45, 2.75) is 17.7 Å². The Hall–Kier alpha value is -2.01. The zero-order valence-electron chi connectivity index (χ0n) is 14.4. The first-order valence-electron chi connectivity index (χ1n) is 8.31. The number of rotatable bonds is 6. The average Bonchev–Trinajstić information content (AvgIpc) is 2.61. The largest absolute Gasteiger partial charge is 0.384 e. The van der Waals surface area contributed by atoms with Crippen molar-refractivity contribution >= 4 is 20.9 Å². The summed E-state index contributed by atoms with van der Waals surface area (Å²) >= 11 is 0. The monoisotopic (exact) mass is 382 g/mol. The number of aromatic nitrogens is 2. The molecule has 0 amide bonds. The van der Waals surface area contributed by atoms with Crippen LogP contribution in [0.5, 0.6) is 0 Å². The molecule has 1 fully saturated rings. The number of hydrogen-bond donors (Lipinski definition) is 4. The van der Waals surface area contributed by atoms with Crippen LogP contribution in [0, 0.1) is 5.41 Å². The molecular weight excluding hydrogens is 360 g/mol. The van der Waals surface area contributed by atoms with Gasteiger partial charge in [-0.1, -0.05) is 0 Å². The third kappa shape index (κ3) is 3.88. The van der Waals surface area contributed by atoms with Gasteiger partial charge in [-0.3, -0.25) is 9.78 Å². The van der Waals surface area contributed by atoms with E-state index in [1.54, 1.807) is 7.11 Å². The van der Waals surface area contributed by atoms with Crippen LogP contribution in [0.3, 0.4) is 0 Å². The van der Waals surface area contributed by atoms with Gasteiger partial charge in [-0.15, -0.1) is 0 Å². The summed E-state index contributed by atoms with van der Waals surface area (Å²) in [6.07, 6.45) is 1.62.